The molecule has 1 saturated heterocycles. The van der Waals surface area contributed by atoms with Crippen molar-refractivity contribution in [1.82, 2.24) is 10.6 Å². The predicted molar refractivity (Wildman–Crippen MR) is 71.8 cm³/mol. The molecule has 0 aromatic heterocycles. The van der Waals surface area contributed by atoms with Gasteiger partial charge in [-0.25, -0.2) is 4.79 Å². The van der Waals surface area contributed by atoms with E-state index in [1.165, 1.54) is 0 Å². The maximum atomic E-state index is 11.7. The summed E-state index contributed by atoms with van der Waals surface area (Å²) in [4.78, 5) is 35.3. The number of benzene rings is 1. The summed E-state index contributed by atoms with van der Waals surface area (Å²) >= 11 is 0. The lowest BCUT2D eigenvalue weighted by molar-refractivity contribution is -0.135. The van der Waals surface area contributed by atoms with Gasteiger partial charge >= 0.3 is 12.0 Å². The van der Waals surface area contributed by atoms with Crippen LogP contribution in [-0.2, 0) is 4.79 Å². The minimum atomic E-state index is -1.10. The summed E-state index contributed by atoms with van der Waals surface area (Å²) in [5.74, 6) is -1.55. The highest BCUT2D eigenvalue weighted by atomic mass is 16.4. The van der Waals surface area contributed by atoms with Crippen molar-refractivity contribution in [3.63, 3.8) is 0 Å². The molecular weight excluding hydrogens is 262 g/mol. The van der Waals surface area contributed by atoms with Crippen LogP contribution in [0, 0.1) is 0 Å². The van der Waals surface area contributed by atoms with Crippen molar-refractivity contribution < 1.29 is 19.5 Å². The molecule has 1 fully saturated rings. The molecule has 3 amide bonds. The Labute approximate surface area is 115 Å². The van der Waals surface area contributed by atoms with Gasteiger partial charge in [-0.15, -0.1) is 0 Å². The highest BCUT2D eigenvalue weighted by Crippen LogP contribution is 2.17. The Morgan fingerprint density at radius 2 is 2.00 bits per heavy atom. The molecule has 1 aliphatic heterocycles. The first-order valence-electron chi connectivity index (χ1n) is 6.23. The van der Waals surface area contributed by atoms with Crippen LogP contribution in [0.5, 0.6) is 0 Å². The molecule has 1 aromatic carbocycles. The first kappa shape index (κ1) is 13.9. The van der Waals surface area contributed by atoms with Gasteiger partial charge in [-0.3, -0.25) is 14.5 Å². The molecule has 106 valence electrons. The Morgan fingerprint density at radius 3 is 2.60 bits per heavy atom. The minimum Gasteiger partial charge on any atom is -0.480 e. The number of aliphatic carboxylic acids is 1. The Hall–Kier alpha value is -2.57. The first-order chi connectivity index (χ1) is 9.58. The third-order valence-electron chi connectivity index (χ3n) is 2.92. The Bertz CT molecular complexity index is 527. The van der Waals surface area contributed by atoms with Crippen LogP contribution in [-0.4, -0.2) is 42.6 Å². The fraction of sp³-hybridized carbons (Fsp3) is 0.308. The second-order valence-corrected chi connectivity index (χ2v) is 4.36. The normalized spacial score (nSPS) is 14.6. The number of hydrogen-bond donors (Lipinski definition) is 3. The number of urea groups is 1. The summed E-state index contributed by atoms with van der Waals surface area (Å²) in [6.07, 6.45) is 0.868. The molecule has 1 aliphatic rings. The van der Waals surface area contributed by atoms with Gasteiger partial charge in [0.2, 0.25) is 0 Å². The number of carbonyl (C=O) groups excluding carboxylic acids is 2. The van der Waals surface area contributed by atoms with Gasteiger partial charge in [-0.2, -0.15) is 0 Å². The van der Waals surface area contributed by atoms with Gasteiger partial charge in [-0.1, -0.05) is 0 Å². The van der Waals surface area contributed by atoms with Crippen molar-refractivity contribution in [3.8, 4) is 0 Å². The van der Waals surface area contributed by atoms with E-state index in [4.69, 9.17) is 5.11 Å². The Morgan fingerprint density at radius 1 is 1.30 bits per heavy atom. The number of carboxylic acids is 1. The molecule has 7 heteroatoms. The highest BCUT2D eigenvalue weighted by Gasteiger charge is 2.19. The smallest absolute Gasteiger partial charge is 0.322 e. The van der Waals surface area contributed by atoms with Gasteiger partial charge in [0.1, 0.15) is 6.54 Å². The monoisotopic (exact) mass is 277 g/mol. The second kappa shape index (κ2) is 6.05. The fourth-order valence-corrected chi connectivity index (χ4v) is 1.93. The number of nitrogens with zero attached hydrogens (tertiary/aromatic N) is 1. The third kappa shape index (κ3) is 3.25. The van der Waals surface area contributed by atoms with Crippen molar-refractivity contribution in [1.29, 1.82) is 0 Å². The molecule has 0 radical (unpaired) electrons. The lowest BCUT2D eigenvalue weighted by Gasteiger charge is -2.27. The number of nitrogens with one attached hydrogen (secondary N) is 2. The van der Waals surface area contributed by atoms with Gasteiger partial charge in [-0.05, 0) is 30.7 Å². The van der Waals surface area contributed by atoms with E-state index in [1.54, 1.807) is 29.2 Å². The number of hydrogen-bond acceptors (Lipinski definition) is 3. The van der Waals surface area contributed by atoms with Crippen LogP contribution in [0.25, 0.3) is 0 Å². The molecule has 2 rings (SSSR count). The van der Waals surface area contributed by atoms with Crippen molar-refractivity contribution in [2.75, 3.05) is 24.5 Å². The predicted octanol–water partition coefficient (Wildman–Crippen LogP) is 0.421. The summed E-state index contributed by atoms with van der Waals surface area (Å²) < 4.78 is 0. The van der Waals surface area contributed by atoms with Crippen LogP contribution in [0.4, 0.5) is 10.5 Å². The summed E-state index contributed by atoms with van der Waals surface area (Å²) in [5.41, 5.74) is 1.06. The maximum Gasteiger partial charge on any atom is 0.322 e. The van der Waals surface area contributed by atoms with Crippen LogP contribution in [0.1, 0.15) is 16.8 Å². The van der Waals surface area contributed by atoms with Crippen LogP contribution in [0.2, 0.25) is 0 Å². The SMILES string of the molecule is O=C(O)CNC(=O)c1ccc(N2CCCNC2=O)cc1. The molecule has 1 heterocycles. The van der Waals surface area contributed by atoms with Crippen molar-refractivity contribution in [3.05, 3.63) is 29.8 Å². The van der Waals surface area contributed by atoms with Gasteiger partial charge in [0.25, 0.3) is 5.91 Å². The van der Waals surface area contributed by atoms with Crippen LogP contribution in [0.15, 0.2) is 24.3 Å². The van der Waals surface area contributed by atoms with Crippen molar-refractivity contribution >= 4 is 23.6 Å². The molecule has 0 spiro atoms. The zero-order valence-electron chi connectivity index (χ0n) is 10.8. The van der Waals surface area contributed by atoms with E-state index in [9.17, 15) is 14.4 Å². The van der Waals surface area contributed by atoms with Gasteiger partial charge in [0.15, 0.2) is 0 Å². The average Bonchev–Trinajstić information content (AvgIpc) is 2.45. The molecule has 0 bridgehead atoms. The average molecular weight is 277 g/mol. The first-order valence-corrected chi connectivity index (χ1v) is 6.23. The standard InChI is InChI=1S/C13H15N3O4/c17-11(18)8-15-12(19)9-2-4-10(5-3-9)16-7-1-6-14-13(16)20/h2-5H,1,6-8H2,(H,14,20)(H,15,19)(H,17,18). The molecule has 3 N–H and O–H groups in total. The number of amides is 3. The summed E-state index contributed by atoms with van der Waals surface area (Å²) in [7, 11) is 0. The van der Waals surface area contributed by atoms with Crippen molar-refractivity contribution in [2.24, 2.45) is 0 Å². The van der Waals surface area contributed by atoms with E-state index < -0.39 is 18.4 Å². The quantitative estimate of drug-likeness (QED) is 0.742. The molecule has 0 unspecified atom stereocenters. The zero-order chi connectivity index (χ0) is 14.5. The number of carboxylic acid groups (broad SMARTS) is 1. The zero-order valence-corrected chi connectivity index (χ0v) is 10.8. The van der Waals surface area contributed by atoms with E-state index in [0.29, 0.717) is 24.3 Å². The van der Waals surface area contributed by atoms with Gasteiger partial charge in [0, 0.05) is 24.3 Å². The van der Waals surface area contributed by atoms with E-state index in [2.05, 4.69) is 10.6 Å². The largest absolute Gasteiger partial charge is 0.480 e. The summed E-state index contributed by atoms with van der Waals surface area (Å²) in [6, 6.07) is 6.31. The third-order valence-corrected chi connectivity index (χ3v) is 2.92. The Kier molecular flexibility index (Phi) is 4.19. The highest BCUT2D eigenvalue weighted by molar-refractivity contribution is 5.97. The molecule has 0 aliphatic carbocycles. The number of rotatable bonds is 4. The molecule has 0 atom stereocenters. The molecular formula is C13H15N3O4. The summed E-state index contributed by atoms with van der Waals surface area (Å²) in [5, 5.41) is 13.5. The topological polar surface area (TPSA) is 98.7 Å². The van der Waals surface area contributed by atoms with E-state index >= 15 is 0 Å². The van der Waals surface area contributed by atoms with Crippen LogP contribution >= 0.6 is 0 Å². The fourth-order valence-electron chi connectivity index (χ4n) is 1.93. The van der Waals surface area contributed by atoms with E-state index in [0.717, 1.165) is 6.42 Å². The molecule has 0 saturated carbocycles. The van der Waals surface area contributed by atoms with E-state index in [1.807, 2.05) is 0 Å². The lowest BCUT2D eigenvalue weighted by Crippen LogP contribution is -2.46. The molecule has 1 aromatic rings. The van der Waals surface area contributed by atoms with Gasteiger partial charge < -0.3 is 15.7 Å². The summed E-state index contributed by atoms with van der Waals surface area (Å²) in [6.45, 7) is 0.885. The molecule has 20 heavy (non-hydrogen) atoms. The van der Waals surface area contributed by atoms with Crippen LogP contribution in [0.3, 0.4) is 0 Å². The lowest BCUT2D eigenvalue weighted by atomic mass is 10.1. The number of carbonyl (C=O) groups is 3. The van der Waals surface area contributed by atoms with Crippen molar-refractivity contribution in [2.45, 2.75) is 6.42 Å². The van der Waals surface area contributed by atoms with Crippen LogP contribution < -0.4 is 15.5 Å². The number of anilines is 1. The minimum absolute atomic E-state index is 0.153. The Balaban J connectivity index is 2.04. The maximum absolute atomic E-state index is 11.7. The second-order valence-electron chi connectivity index (χ2n) is 4.36. The van der Waals surface area contributed by atoms with E-state index in [-0.39, 0.29) is 6.03 Å². The molecule has 7 nitrogen and oxygen atoms in total. The van der Waals surface area contributed by atoms with Gasteiger partial charge in [0.05, 0.1) is 0 Å².